The Morgan fingerprint density at radius 1 is 1.03 bits per heavy atom. The molecular weight excluding hydrogens is 456 g/mol. The van der Waals surface area contributed by atoms with Crippen molar-refractivity contribution in [1.82, 2.24) is 0 Å². The lowest BCUT2D eigenvalue weighted by Crippen LogP contribution is -2.48. The van der Waals surface area contributed by atoms with Gasteiger partial charge in [-0.1, -0.05) is 77.7 Å². The maximum Gasteiger partial charge on any atom is 0.338 e. The normalized spacial score (nSPS) is 36.1. The monoisotopic (exact) mass is 504 g/mol. The van der Waals surface area contributed by atoms with Crippen LogP contribution in [0.5, 0.6) is 0 Å². The third-order valence-electron chi connectivity index (χ3n) is 11.3. The Labute approximate surface area is 224 Å². The van der Waals surface area contributed by atoms with Crippen LogP contribution in [0.25, 0.3) is 0 Å². The molecule has 0 spiro atoms. The number of benzene rings is 1. The average molecular weight is 505 g/mol. The highest BCUT2D eigenvalue weighted by Gasteiger charge is 2.58. The molecule has 4 aliphatic carbocycles. The van der Waals surface area contributed by atoms with E-state index in [0.29, 0.717) is 23.7 Å². The highest BCUT2D eigenvalue weighted by Crippen LogP contribution is 2.65. The second-order valence-electron chi connectivity index (χ2n) is 13.8. The quantitative estimate of drug-likeness (QED) is 0.349. The number of ketones is 1. The molecule has 0 aliphatic heterocycles. The molecule has 1 unspecified atom stereocenters. The molecule has 3 heteroatoms. The first-order valence-corrected chi connectivity index (χ1v) is 15.2. The van der Waals surface area contributed by atoms with Crippen molar-refractivity contribution < 1.29 is 14.3 Å². The van der Waals surface area contributed by atoms with Crippen molar-refractivity contribution in [1.29, 1.82) is 0 Å². The van der Waals surface area contributed by atoms with Gasteiger partial charge in [-0.3, -0.25) is 4.79 Å². The van der Waals surface area contributed by atoms with Crippen LogP contribution >= 0.6 is 0 Å². The van der Waals surface area contributed by atoms with E-state index < -0.39 is 0 Å². The van der Waals surface area contributed by atoms with E-state index in [-0.39, 0.29) is 28.8 Å². The van der Waals surface area contributed by atoms with E-state index in [1.165, 1.54) is 49.7 Å². The van der Waals surface area contributed by atoms with Gasteiger partial charge in [0.05, 0.1) is 5.56 Å². The predicted octanol–water partition coefficient (Wildman–Crippen LogP) is 8.58. The molecule has 0 amide bonds. The molecule has 0 saturated heterocycles. The van der Waals surface area contributed by atoms with Crippen molar-refractivity contribution in [2.75, 3.05) is 0 Å². The van der Waals surface area contributed by atoms with Gasteiger partial charge in [-0.25, -0.2) is 4.79 Å². The summed E-state index contributed by atoms with van der Waals surface area (Å²) >= 11 is 0. The second kappa shape index (κ2) is 10.3. The summed E-state index contributed by atoms with van der Waals surface area (Å²) in [5.41, 5.74) is 3.72. The predicted molar refractivity (Wildman–Crippen MR) is 149 cm³/mol. The summed E-state index contributed by atoms with van der Waals surface area (Å²) in [6, 6.07) is 9.29. The number of rotatable bonds is 7. The summed E-state index contributed by atoms with van der Waals surface area (Å²) in [6.45, 7) is 12.1. The average Bonchev–Trinajstić information content (AvgIpc) is 3.22. The Kier molecular flexibility index (Phi) is 7.46. The number of fused-ring (bicyclic) bond motifs is 4. The molecule has 5 rings (SSSR count). The van der Waals surface area contributed by atoms with Gasteiger partial charge in [-0.05, 0) is 103 Å². The maximum absolute atomic E-state index is 13.8. The van der Waals surface area contributed by atoms with E-state index >= 15 is 0 Å². The Morgan fingerprint density at radius 2 is 1.78 bits per heavy atom. The summed E-state index contributed by atoms with van der Waals surface area (Å²) in [6.07, 6.45) is 12.1. The van der Waals surface area contributed by atoms with Crippen LogP contribution in [0, 0.1) is 40.4 Å². The van der Waals surface area contributed by atoms with E-state index in [2.05, 4.69) is 34.6 Å². The van der Waals surface area contributed by atoms with Crippen LogP contribution in [0.3, 0.4) is 0 Å². The summed E-state index contributed by atoms with van der Waals surface area (Å²) in [4.78, 5) is 26.5. The first kappa shape index (κ1) is 26.7. The summed E-state index contributed by atoms with van der Waals surface area (Å²) in [7, 11) is 0. The van der Waals surface area contributed by atoms with Gasteiger partial charge in [0, 0.05) is 6.42 Å². The number of carbonyl (C=O) groups excluding carboxylic acids is 2. The van der Waals surface area contributed by atoms with Crippen molar-refractivity contribution in [2.45, 2.75) is 111 Å². The van der Waals surface area contributed by atoms with Crippen molar-refractivity contribution in [3.8, 4) is 0 Å². The number of hydrogen-bond donors (Lipinski definition) is 0. The Hall–Kier alpha value is -1.90. The molecule has 0 radical (unpaired) electrons. The van der Waals surface area contributed by atoms with Crippen molar-refractivity contribution in [3.63, 3.8) is 0 Å². The van der Waals surface area contributed by atoms with E-state index in [4.69, 9.17) is 4.74 Å². The summed E-state index contributed by atoms with van der Waals surface area (Å²) < 4.78 is 5.95. The zero-order valence-electron chi connectivity index (χ0n) is 23.9. The minimum Gasteiger partial charge on any atom is -0.459 e. The molecule has 0 aromatic heterocycles. The van der Waals surface area contributed by atoms with Gasteiger partial charge in [0.1, 0.15) is 6.10 Å². The van der Waals surface area contributed by atoms with Gasteiger partial charge >= 0.3 is 5.97 Å². The molecule has 0 N–H and O–H groups in total. The zero-order valence-corrected chi connectivity index (χ0v) is 23.9. The minimum atomic E-state index is -0.232. The number of carbonyl (C=O) groups is 2. The molecule has 7 atom stereocenters. The van der Waals surface area contributed by atoms with Crippen LogP contribution in [0.4, 0.5) is 0 Å². The first-order chi connectivity index (χ1) is 17.6. The van der Waals surface area contributed by atoms with Crippen LogP contribution in [0.1, 0.15) is 116 Å². The Balaban J connectivity index is 1.31. The molecule has 1 aromatic carbocycles. The summed E-state index contributed by atoms with van der Waals surface area (Å²) in [5, 5.41) is 0. The molecule has 202 valence electrons. The molecule has 2 saturated carbocycles. The number of ether oxygens (including phenoxy) is 1. The highest BCUT2D eigenvalue weighted by molar-refractivity contribution is 5.98. The maximum atomic E-state index is 13.8. The van der Waals surface area contributed by atoms with Gasteiger partial charge in [-0.15, -0.1) is 0 Å². The van der Waals surface area contributed by atoms with E-state index in [0.717, 1.165) is 43.4 Å². The smallest absolute Gasteiger partial charge is 0.338 e. The molecular formula is C34H48O3. The van der Waals surface area contributed by atoms with Crippen molar-refractivity contribution >= 4 is 11.8 Å². The highest BCUT2D eigenvalue weighted by atomic mass is 16.5. The number of allylic oxidation sites excluding steroid dienone is 2. The van der Waals surface area contributed by atoms with Crippen LogP contribution in [-0.4, -0.2) is 17.9 Å². The van der Waals surface area contributed by atoms with E-state index in [1.54, 1.807) is 0 Å². The standard InChI is InChI=1S/C34H48O3/c1-22(2)10-9-11-23(3)27-14-15-28-31-29(17-19-34(27,28)5)33(4)18-16-26(20-25(33)21-30(31)35)37-32(36)24-12-7-6-8-13-24/h6-8,12-13,22-23,25-28H,9-11,14-21H2,1-5H3/t23-,25-,26+,27-,28?,33+,34-/m1/s1. The Morgan fingerprint density at radius 3 is 2.51 bits per heavy atom. The van der Waals surface area contributed by atoms with Gasteiger partial charge in [0.2, 0.25) is 0 Å². The third kappa shape index (κ3) is 4.85. The molecule has 0 heterocycles. The first-order valence-electron chi connectivity index (χ1n) is 15.2. The lowest BCUT2D eigenvalue weighted by molar-refractivity contribution is -0.121. The SMILES string of the molecule is CC(C)CCC[C@@H](C)[C@H]1CCC2C3=C(CC[C@@]21C)[C@@]1(C)CC[C@H](OC(=O)c2ccccc2)C[C@@H]1CC3=O. The van der Waals surface area contributed by atoms with Gasteiger partial charge in [0.25, 0.3) is 0 Å². The lowest BCUT2D eigenvalue weighted by Gasteiger charge is -2.54. The van der Waals surface area contributed by atoms with Crippen LogP contribution in [-0.2, 0) is 9.53 Å². The topological polar surface area (TPSA) is 43.4 Å². The van der Waals surface area contributed by atoms with Gasteiger partial charge in [-0.2, -0.15) is 0 Å². The number of esters is 1. The second-order valence-corrected chi connectivity index (χ2v) is 13.8. The van der Waals surface area contributed by atoms with Crippen LogP contribution in [0.15, 0.2) is 41.5 Å². The number of hydrogen-bond acceptors (Lipinski definition) is 3. The largest absolute Gasteiger partial charge is 0.459 e. The molecule has 3 nitrogen and oxygen atoms in total. The molecule has 37 heavy (non-hydrogen) atoms. The van der Waals surface area contributed by atoms with Crippen LogP contribution < -0.4 is 0 Å². The molecule has 4 aliphatic rings. The lowest BCUT2D eigenvalue weighted by atomic mass is 9.50. The third-order valence-corrected chi connectivity index (χ3v) is 11.3. The van der Waals surface area contributed by atoms with E-state index in [9.17, 15) is 9.59 Å². The fourth-order valence-corrected chi connectivity index (χ4v) is 9.08. The van der Waals surface area contributed by atoms with Crippen molar-refractivity contribution in [3.05, 3.63) is 47.0 Å². The molecule has 1 aromatic rings. The van der Waals surface area contributed by atoms with E-state index in [1.807, 2.05) is 30.3 Å². The fourth-order valence-electron chi connectivity index (χ4n) is 9.08. The number of Topliss-reactive ketones (excluding diaryl/α,β-unsaturated/α-hetero) is 1. The van der Waals surface area contributed by atoms with Gasteiger partial charge < -0.3 is 4.74 Å². The van der Waals surface area contributed by atoms with Crippen LogP contribution in [0.2, 0.25) is 0 Å². The summed E-state index contributed by atoms with van der Waals surface area (Å²) in [5.74, 6) is 3.19. The minimum absolute atomic E-state index is 0.0845. The fraction of sp³-hybridized carbons (Fsp3) is 0.706. The molecule has 0 bridgehead atoms. The Bertz CT molecular complexity index is 1040. The van der Waals surface area contributed by atoms with Crippen molar-refractivity contribution in [2.24, 2.45) is 40.4 Å². The van der Waals surface area contributed by atoms with Gasteiger partial charge in [0.15, 0.2) is 5.78 Å². The zero-order chi connectivity index (χ0) is 26.4. The molecule has 2 fully saturated rings.